The van der Waals surface area contributed by atoms with Gasteiger partial charge in [-0.2, -0.15) is 9.78 Å². The van der Waals surface area contributed by atoms with Crippen molar-refractivity contribution in [2.45, 2.75) is 45.4 Å². The van der Waals surface area contributed by atoms with Gasteiger partial charge in [0.05, 0.1) is 5.69 Å². The Labute approximate surface area is 141 Å². The lowest BCUT2D eigenvalue weighted by Gasteiger charge is -2.13. The summed E-state index contributed by atoms with van der Waals surface area (Å²) in [7, 11) is 0. The van der Waals surface area contributed by atoms with Crippen molar-refractivity contribution in [3.05, 3.63) is 30.2 Å². The zero-order valence-corrected chi connectivity index (χ0v) is 14.4. The molecule has 0 saturated heterocycles. The molecule has 0 aliphatic heterocycles. The van der Waals surface area contributed by atoms with Crippen molar-refractivity contribution < 1.29 is 4.79 Å². The number of nitrogens with zero attached hydrogens (tertiary/aromatic N) is 4. The van der Waals surface area contributed by atoms with Gasteiger partial charge in [-0.1, -0.05) is 27.2 Å². The Morgan fingerprint density at radius 2 is 1.88 bits per heavy atom. The molecule has 2 heterocycles. The maximum absolute atomic E-state index is 12.6. The van der Waals surface area contributed by atoms with Gasteiger partial charge in [-0.25, -0.2) is 9.97 Å². The molecule has 2 fully saturated rings. The summed E-state index contributed by atoms with van der Waals surface area (Å²) < 4.78 is 1.64. The van der Waals surface area contributed by atoms with Crippen LogP contribution in [-0.4, -0.2) is 25.7 Å². The number of rotatable bonds is 3. The third kappa shape index (κ3) is 2.60. The highest BCUT2D eigenvalue weighted by atomic mass is 16.2. The van der Waals surface area contributed by atoms with Crippen LogP contribution in [0, 0.1) is 17.8 Å². The fourth-order valence-electron chi connectivity index (χ4n) is 3.81. The maximum Gasteiger partial charge on any atom is 0.252 e. The van der Waals surface area contributed by atoms with Crippen LogP contribution in [-0.2, 0) is 10.2 Å². The summed E-state index contributed by atoms with van der Waals surface area (Å²) in [5.41, 5.74) is 0.788. The molecule has 0 spiro atoms. The van der Waals surface area contributed by atoms with E-state index in [2.05, 4.69) is 41.2 Å². The van der Waals surface area contributed by atoms with Crippen LogP contribution >= 0.6 is 0 Å². The van der Waals surface area contributed by atoms with Crippen LogP contribution in [0.15, 0.2) is 24.5 Å². The van der Waals surface area contributed by atoms with Gasteiger partial charge in [0.1, 0.15) is 5.82 Å². The zero-order chi connectivity index (χ0) is 16.9. The fourth-order valence-corrected chi connectivity index (χ4v) is 3.81. The molecular weight excluding hydrogens is 302 g/mol. The second-order valence-corrected chi connectivity index (χ2v) is 7.90. The summed E-state index contributed by atoms with van der Waals surface area (Å²) in [6.45, 7) is 6.30. The Kier molecular flexibility index (Phi) is 3.44. The Bertz CT molecular complexity index is 751. The zero-order valence-electron chi connectivity index (χ0n) is 14.4. The van der Waals surface area contributed by atoms with Gasteiger partial charge in [-0.05, 0) is 30.7 Å². The van der Waals surface area contributed by atoms with E-state index < -0.39 is 0 Å². The molecule has 1 unspecified atom stereocenters. The molecule has 0 bridgehead atoms. The van der Waals surface area contributed by atoms with E-state index in [1.165, 1.54) is 19.3 Å². The first kappa shape index (κ1) is 15.3. The van der Waals surface area contributed by atoms with E-state index >= 15 is 0 Å². The van der Waals surface area contributed by atoms with Crippen molar-refractivity contribution in [3.63, 3.8) is 0 Å². The predicted molar refractivity (Wildman–Crippen MR) is 90.8 cm³/mol. The molecule has 6 heteroatoms. The minimum absolute atomic E-state index is 0.113. The van der Waals surface area contributed by atoms with Gasteiger partial charge in [-0.15, -0.1) is 0 Å². The van der Waals surface area contributed by atoms with Crippen LogP contribution in [0.1, 0.15) is 45.7 Å². The first-order valence-corrected chi connectivity index (χ1v) is 8.64. The molecule has 2 aromatic rings. The lowest BCUT2D eigenvalue weighted by molar-refractivity contribution is -0.118. The van der Waals surface area contributed by atoms with Crippen LogP contribution in [0.5, 0.6) is 0 Å². The van der Waals surface area contributed by atoms with E-state index in [4.69, 9.17) is 0 Å². The van der Waals surface area contributed by atoms with Gasteiger partial charge < -0.3 is 5.32 Å². The van der Waals surface area contributed by atoms with Gasteiger partial charge in [0.15, 0.2) is 0 Å². The predicted octanol–water partition coefficient (Wildman–Crippen LogP) is 2.94. The van der Waals surface area contributed by atoms with Crippen LogP contribution in [0.4, 0.5) is 5.82 Å². The van der Waals surface area contributed by atoms with Gasteiger partial charge in [-0.3, -0.25) is 4.79 Å². The normalized spacial score (nSPS) is 25.4. The fraction of sp³-hybridized carbons (Fsp3) is 0.556. The number of carbonyl (C=O) groups excluding carboxylic acids is 1. The molecule has 2 aromatic heterocycles. The molecule has 3 atom stereocenters. The highest BCUT2D eigenvalue weighted by Crippen LogP contribution is 2.57. The molecule has 0 radical (unpaired) electrons. The van der Waals surface area contributed by atoms with Crippen LogP contribution < -0.4 is 5.32 Å². The van der Waals surface area contributed by atoms with E-state index in [-0.39, 0.29) is 17.2 Å². The molecular formula is C18H23N5O. The van der Waals surface area contributed by atoms with E-state index in [1.54, 1.807) is 23.1 Å². The summed E-state index contributed by atoms with van der Waals surface area (Å²) >= 11 is 0. The third-order valence-electron chi connectivity index (χ3n) is 5.18. The summed E-state index contributed by atoms with van der Waals surface area (Å²) in [5, 5.41) is 7.71. The van der Waals surface area contributed by atoms with Crippen molar-refractivity contribution in [1.82, 2.24) is 19.7 Å². The molecule has 6 nitrogen and oxygen atoms in total. The number of hydrogen-bond acceptors (Lipinski definition) is 4. The SMILES string of the molecule is CC(C)(C)c1cc(NC(=O)C2[C@H]3CCC[C@@H]23)n(-c2ncccn2)n1. The molecule has 2 saturated carbocycles. The van der Waals surface area contributed by atoms with Crippen molar-refractivity contribution in [2.24, 2.45) is 17.8 Å². The summed E-state index contributed by atoms with van der Waals surface area (Å²) in [6.07, 6.45) is 7.01. The number of carbonyl (C=O) groups is 1. The number of amides is 1. The average Bonchev–Trinajstić information content (AvgIpc) is 2.90. The summed E-state index contributed by atoms with van der Waals surface area (Å²) in [6, 6.07) is 3.70. The lowest BCUT2D eigenvalue weighted by Crippen LogP contribution is -2.19. The number of hydrogen-bond donors (Lipinski definition) is 1. The van der Waals surface area contributed by atoms with Crippen LogP contribution in [0.2, 0.25) is 0 Å². The van der Waals surface area contributed by atoms with Crippen molar-refractivity contribution in [1.29, 1.82) is 0 Å². The van der Waals surface area contributed by atoms with E-state index in [1.807, 2.05) is 6.07 Å². The number of anilines is 1. The largest absolute Gasteiger partial charge is 0.310 e. The van der Waals surface area contributed by atoms with E-state index in [0.29, 0.717) is 23.6 Å². The van der Waals surface area contributed by atoms with Crippen molar-refractivity contribution in [2.75, 3.05) is 5.32 Å². The number of aromatic nitrogens is 4. The second kappa shape index (κ2) is 5.40. The number of fused-ring (bicyclic) bond motifs is 1. The van der Waals surface area contributed by atoms with Gasteiger partial charge in [0.25, 0.3) is 5.95 Å². The third-order valence-corrected chi connectivity index (χ3v) is 5.18. The molecule has 1 amide bonds. The average molecular weight is 325 g/mol. The topological polar surface area (TPSA) is 72.7 Å². The minimum Gasteiger partial charge on any atom is -0.310 e. The first-order valence-electron chi connectivity index (χ1n) is 8.64. The van der Waals surface area contributed by atoms with Gasteiger partial charge >= 0.3 is 0 Å². The first-order chi connectivity index (χ1) is 11.4. The summed E-state index contributed by atoms with van der Waals surface area (Å²) in [5.74, 6) is 2.60. The molecule has 0 aromatic carbocycles. The molecule has 1 N–H and O–H groups in total. The van der Waals surface area contributed by atoms with E-state index in [9.17, 15) is 4.79 Å². The smallest absolute Gasteiger partial charge is 0.252 e. The molecule has 2 aliphatic rings. The Morgan fingerprint density at radius 1 is 1.21 bits per heavy atom. The highest BCUT2D eigenvalue weighted by molar-refractivity contribution is 5.94. The van der Waals surface area contributed by atoms with Gasteiger partial charge in [0.2, 0.25) is 5.91 Å². The molecule has 126 valence electrons. The molecule has 24 heavy (non-hydrogen) atoms. The van der Waals surface area contributed by atoms with E-state index in [0.717, 1.165) is 5.69 Å². The maximum atomic E-state index is 12.6. The van der Waals surface area contributed by atoms with Crippen molar-refractivity contribution in [3.8, 4) is 5.95 Å². The summed E-state index contributed by atoms with van der Waals surface area (Å²) in [4.78, 5) is 21.2. The number of nitrogens with one attached hydrogen (secondary N) is 1. The second-order valence-electron chi connectivity index (χ2n) is 7.90. The molecule has 2 aliphatic carbocycles. The highest BCUT2D eigenvalue weighted by Gasteiger charge is 2.56. The van der Waals surface area contributed by atoms with Gasteiger partial charge in [0, 0.05) is 29.8 Å². The lowest BCUT2D eigenvalue weighted by atomic mass is 9.92. The van der Waals surface area contributed by atoms with Crippen molar-refractivity contribution >= 4 is 11.7 Å². The Hall–Kier alpha value is -2.24. The standard InChI is InChI=1S/C18H23N5O/c1-18(2,3)13-10-14(23(22-13)17-19-8-5-9-20-17)21-16(24)15-11-6-4-7-12(11)15/h5,8-12,15H,4,6-7H2,1-3H3,(H,21,24)/t11-,12+,15?. The van der Waals surface area contributed by atoms with Crippen LogP contribution in [0.25, 0.3) is 5.95 Å². The quantitative estimate of drug-likeness (QED) is 0.941. The molecule has 4 rings (SSSR count). The Balaban J connectivity index is 1.63. The Morgan fingerprint density at radius 3 is 2.50 bits per heavy atom. The monoisotopic (exact) mass is 325 g/mol. The van der Waals surface area contributed by atoms with Crippen LogP contribution in [0.3, 0.4) is 0 Å². The minimum atomic E-state index is -0.115.